The van der Waals surface area contributed by atoms with E-state index in [9.17, 15) is 18.0 Å². The van der Waals surface area contributed by atoms with E-state index in [-0.39, 0.29) is 30.0 Å². The molecule has 2 N–H and O–H groups in total. The van der Waals surface area contributed by atoms with E-state index in [1.807, 2.05) is 24.3 Å². The summed E-state index contributed by atoms with van der Waals surface area (Å²) in [5.41, 5.74) is 1.51. The molecule has 4 heterocycles. The molecule has 1 fully saturated rings. The molecule has 5 rings (SSSR count). The number of alkyl halides is 3. The van der Waals surface area contributed by atoms with Gasteiger partial charge in [0.1, 0.15) is 29.7 Å². The normalized spacial score (nSPS) is 24.1. The summed E-state index contributed by atoms with van der Waals surface area (Å²) in [6.45, 7) is 0.896. The fourth-order valence-electron chi connectivity index (χ4n) is 4.33. The highest BCUT2D eigenvalue weighted by molar-refractivity contribution is 5.98. The Hall–Kier alpha value is -3.01. The Morgan fingerprint density at radius 3 is 2.80 bits per heavy atom. The third-order valence-electron chi connectivity index (χ3n) is 5.75. The van der Waals surface area contributed by atoms with Gasteiger partial charge in [-0.3, -0.25) is 9.48 Å². The summed E-state index contributed by atoms with van der Waals surface area (Å²) in [5, 5.41) is 10.9. The lowest BCUT2D eigenvalue weighted by Crippen LogP contribution is -2.39. The molecule has 0 spiro atoms. The van der Waals surface area contributed by atoms with Crippen molar-refractivity contribution in [1.29, 1.82) is 0 Å². The van der Waals surface area contributed by atoms with Gasteiger partial charge in [0, 0.05) is 23.9 Å². The molecule has 10 heteroatoms. The van der Waals surface area contributed by atoms with Crippen LogP contribution in [0, 0.1) is 0 Å². The molecule has 1 amide bonds. The van der Waals surface area contributed by atoms with Crippen LogP contribution in [0.4, 0.5) is 19.0 Å². The van der Waals surface area contributed by atoms with Gasteiger partial charge in [-0.25, -0.2) is 23.1 Å². The predicted octanol–water partition coefficient (Wildman–Crippen LogP) is 3.06. The summed E-state index contributed by atoms with van der Waals surface area (Å²) in [4.78, 5) is 20.1. The number of carbonyl (C=O) groups is 1. The number of nitrogens with zero attached hydrogens (tertiary/aromatic N) is 4. The number of rotatable bonds is 3. The second-order valence-electron chi connectivity index (χ2n) is 7.56. The van der Waals surface area contributed by atoms with Crippen molar-refractivity contribution >= 4 is 22.6 Å². The molecule has 3 atom stereocenters. The standard InChI is InChI=1S/C20H19F3N6O/c21-12-8-24-6-5-14(12)29-13-4-2-1-3-10(13)17(28-29)18-16-11(19(22)23)7-15(30)27-20(16)26-9-25-18/h1-4,9,11-12,14,19,24H,5-8H2,(H,25,26,27,30)/t11?,12-,14+/m1/s1. The van der Waals surface area contributed by atoms with E-state index in [1.54, 1.807) is 4.68 Å². The lowest BCUT2D eigenvalue weighted by Gasteiger charge is -2.27. The summed E-state index contributed by atoms with van der Waals surface area (Å²) >= 11 is 0. The van der Waals surface area contributed by atoms with Gasteiger partial charge >= 0.3 is 0 Å². The predicted molar refractivity (Wildman–Crippen MR) is 104 cm³/mol. The molecule has 1 saturated heterocycles. The Balaban J connectivity index is 1.72. The molecule has 1 unspecified atom stereocenters. The van der Waals surface area contributed by atoms with Crippen LogP contribution < -0.4 is 10.6 Å². The minimum atomic E-state index is -2.76. The van der Waals surface area contributed by atoms with E-state index in [1.165, 1.54) is 6.33 Å². The van der Waals surface area contributed by atoms with Crippen LogP contribution in [-0.2, 0) is 4.79 Å². The fraction of sp³-hybridized carbons (Fsp3) is 0.400. The van der Waals surface area contributed by atoms with Gasteiger partial charge in [0.05, 0.1) is 17.5 Å². The van der Waals surface area contributed by atoms with Crippen molar-refractivity contribution in [3.63, 3.8) is 0 Å². The van der Waals surface area contributed by atoms with Gasteiger partial charge in [0.25, 0.3) is 0 Å². The Kier molecular flexibility index (Phi) is 4.65. The van der Waals surface area contributed by atoms with Crippen LogP contribution in [-0.4, -0.2) is 51.3 Å². The van der Waals surface area contributed by atoms with Crippen LogP contribution in [0.2, 0.25) is 0 Å². The molecule has 0 bridgehead atoms. The molecule has 30 heavy (non-hydrogen) atoms. The maximum atomic E-state index is 14.7. The highest BCUT2D eigenvalue weighted by Crippen LogP contribution is 2.42. The van der Waals surface area contributed by atoms with Crippen molar-refractivity contribution < 1.29 is 18.0 Å². The SMILES string of the molecule is O=C1CC(C(F)F)c2c(ncnc2-c2nn([C@H]3CCNC[C@H]3F)c3ccccc23)N1. The molecule has 2 aliphatic rings. The van der Waals surface area contributed by atoms with E-state index >= 15 is 0 Å². The monoisotopic (exact) mass is 416 g/mol. The zero-order chi connectivity index (χ0) is 20.8. The molecule has 0 saturated carbocycles. The van der Waals surface area contributed by atoms with Gasteiger partial charge in [-0.15, -0.1) is 0 Å². The number of para-hydroxylation sites is 1. The van der Waals surface area contributed by atoms with E-state index in [2.05, 4.69) is 25.7 Å². The molecule has 0 aliphatic carbocycles. The van der Waals surface area contributed by atoms with Gasteiger partial charge in [0.15, 0.2) is 0 Å². The molecule has 2 aliphatic heterocycles. The van der Waals surface area contributed by atoms with Gasteiger partial charge in [-0.05, 0) is 19.0 Å². The van der Waals surface area contributed by atoms with E-state index in [0.29, 0.717) is 29.6 Å². The minimum Gasteiger partial charge on any atom is -0.314 e. The fourth-order valence-corrected chi connectivity index (χ4v) is 4.33. The first-order valence-electron chi connectivity index (χ1n) is 9.80. The highest BCUT2D eigenvalue weighted by Gasteiger charge is 2.37. The van der Waals surface area contributed by atoms with Crippen molar-refractivity contribution in [3.8, 4) is 11.4 Å². The summed E-state index contributed by atoms with van der Waals surface area (Å²) in [5.74, 6) is -1.77. The van der Waals surface area contributed by atoms with Crippen LogP contribution in [0.1, 0.15) is 30.4 Å². The molecule has 2 aromatic heterocycles. The number of hydrogen-bond donors (Lipinski definition) is 2. The second-order valence-corrected chi connectivity index (χ2v) is 7.56. The first-order valence-corrected chi connectivity index (χ1v) is 9.80. The van der Waals surface area contributed by atoms with Gasteiger partial charge in [-0.2, -0.15) is 5.10 Å². The number of fused-ring (bicyclic) bond motifs is 2. The molecule has 7 nitrogen and oxygen atoms in total. The first-order chi connectivity index (χ1) is 14.5. The number of halogens is 3. The van der Waals surface area contributed by atoms with Gasteiger partial charge in [-0.1, -0.05) is 18.2 Å². The number of carbonyl (C=O) groups excluding carboxylic acids is 1. The Morgan fingerprint density at radius 2 is 2.00 bits per heavy atom. The summed E-state index contributed by atoms with van der Waals surface area (Å²) in [6.07, 6.45) is -2.46. The first kappa shape index (κ1) is 19.0. The molecule has 156 valence electrons. The van der Waals surface area contributed by atoms with Gasteiger partial charge < -0.3 is 10.6 Å². The van der Waals surface area contributed by atoms with E-state index in [0.717, 1.165) is 0 Å². The van der Waals surface area contributed by atoms with E-state index < -0.39 is 30.5 Å². The summed E-state index contributed by atoms with van der Waals surface area (Å²) < 4.78 is 43.9. The molecule has 0 radical (unpaired) electrons. The largest absolute Gasteiger partial charge is 0.314 e. The highest BCUT2D eigenvalue weighted by atomic mass is 19.3. The maximum Gasteiger partial charge on any atom is 0.246 e. The second kappa shape index (κ2) is 7.35. The minimum absolute atomic E-state index is 0.0745. The Bertz CT molecular complexity index is 1120. The molecule has 3 aromatic rings. The topological polar surface area (TPSA) is 84.7 Å². The maximum absolute atomic E-state index is 14.7. The number of amides is 1. The number of benzene rings is 1. The number of hydrogen-bond acceptors (Lipinski definition) is 5. The number of nitrogens with one attached hydrogen (secondary N) is 2. The summed E-state index contributed by atoms with van der Waals surface area (Å²) in [6, 6.07) is 6.83. The number of anilines is 1. The van der Waals surface area contributed by atoms with Crippen molar-refractivity contribution in [2.45, 2.75) is 37.4 Å². The Labute approximate surface area is 169 Å². The van der Waals surface area contributed by atoms with Crippen LogP contribution in [0.5, 0.6) is 0 Å². The molecular formula is C20H19F3N6O. The third kappa shape index (κ3) is 3.02. The third-order valence-corrected chi connectivity index (χ3v) is 5.75. The zero-order valence-corrected chi connectivity index (χ0v) is 15.9. The average molecular weight is 416 g/mol. The molecular weight excluding hydrogens is 397 g/mol. The number of piperidine rings is 1. The van der Waals surface area contributed by atoms with Crippen LogP contribution in [0.3, 0.4) is 0 Å². The average Bonchev–Trinajstić information content (AvgIpc) is 3.12. The van der Waals surface area contributed by atoms with Crippen LogP contribution >= 0.6 is 0 Å². The Morgan fingerprint density at radius 1 is 1.17 bits per heavy atom. The smallest absolute Gasteiger partial charge is 0.246 e. The zero-order valence-electron chi connectivity index (χ0n) is 15.9. The molecule has 1 aromatic carbocycles. The van der Waals surface area contributed by atoms with E-state index in [4.69, 9.17) is 0 Å². The van der Waals surface area contributed by atoms with Crippen LogP contribution in [0.25, 0.3) is 22.3 Å². The number of aromatic nitrogens is 4. The van der Waals surface area contributed by atoms with Crippen LogP contribution in [0.15, 0.2) is 30.6 Å². The van der Waals surface area contributed by atoms with Crippen molar-refractivity contribution in [3.05, 3.63) is 36.2 Å². The summed E-state index contributed by atoms with van der Waals surface area (Å²) in [7, 11) is 0. The lowest BCUT2D eigenvalue weighted by atomic mass is 9.90. The lowest BCUT2D eigenvalue weighted by molar-refractivity contribution is -0.117. The van der Waals surface area contributed by atoms with Crippen molar-refractivity contribution in [1.82, 2.24) is 25.1 Å². The van der Waals surface area contributed by atoms with Crippen molar-refractivity contribution in [2.75, 3.05) is 18.4 Å². The quantitative estimate of drug-likeness (QED) is 0.686. The van der Waals surface area contributed by atoms with Crippen molar-refractivity contribution in [2.24, 2.45) is 0 Å². The van der Waals surface area contributed by atoms with Gasteiger partial charge in [0.2, 0.25) is 12.3 Å².